The summed E-state index contributed by atoms with van der Waals surface area (Å²) in [5, 5.41) is 43.6. The summed E-state index contributed by atoms with van der Waals surface area (Å²) in [7, 11) is 0. The van der Waals surface area contributed by atoms with Crippen molar-refractivity contribution >= 4 is 5.97 Å². The number of phenolic OH excluding ortho intramolecular Hbond substituents is 3. The molecule has 0 saturated carbocycles. The number of hydrogen-bond acceptors (Lipinski definition) is 5. The van der Waals surface area contributed by atoms with E-state index in [-0.39, 0.29) is 5.56 Å². The molecule has 0 bridgehead atoms. The van der Waals surface area contributed by atoms with E-state index in [2.05, 4.69) is 19.1 Å². The molecule has 1 aromatic carbocycles. The van der Waals surface area contributed by atoms with Crippen LogP contribution in [-0.4, -0.2) is 38.1 Å². The van der Waals surface area contributed by atoms with Crippen LogP contribution in [-0.2, 0) is 0 Å². The Morgan fingerprint density at radius 3 is 1.58 bits per heavy atom. The molecule has 178 valence electrons. The lowest BCUT2D eigenvalue weighted by Gasteiger charge is -2.01. The van der Waals surface area contributed by atoms with Gasteiger partial charge in [-0.1, -0.05) is 76.9 Å². The van der Waals surface area contributed by atoms with Crippen LogP contribution in [0.3, 0.4) is 0 Å². The Hall–Kier alpha value is -2.21. The minimum atomic E-state index is -1.29. The molecule has 31 heavy (non-hydrogen) atoms. The summed E-state index contributed by atoms with van der Waals surface area (Å²) < 4.78 is 0. The first-order valence-electron chi connectivity index (χ1n) is 11.7. The fraction of sp³-hybridized carbons (Fsp3) is 0.640. The van der Waals surface area contributed by atoms with E-state index in [4.69, 9.17) is 25.5 Å². The maximum absolute atomic E-state index is 10.3. The first-order chi connectivity index (χ1) is 14.9. The number of aromatic hydroxyl groups is 3. The van der Waals surface area contributed by atoms with Gasteiger partial charge in [0.1, 0.15) is 0 Å². The molecule has 5 N–H and O–H groups in total. The van der Waals surface area contributed by atoms with Crippen molar-refractivity contribution in [1.29, 1.82) is 0 Å². The SMILES string of the molecule is CCCCCCCC/C=C\CCCCCCCCO.O=C(O)c1cc(O)c(O)c(O)c1. The second-order valence-corrected chi connectivity index (χ2v) is 7.83. The van der Waals surface area contributed by atoms with E-state index in [1.165, 1.54) is 83.5 Å². The number of hydrogen-bond donors (Lipinski definition) is 5. The molecule has 0 saturated heterocycles. The van der Waals surface area contributed by atoms with Gasteiger partial charge in [-0.15, -0.1) is 0 Å². The number of carboxylic acid groups (broad SMARTS) is 1. The van der Waals surface area contributed by atoms with Gasteiger partial charge in [0.05, 0.1) is 5.56 Å². The highest BCUT2D eigenvalue weighted by Crippen LogP contribution is 2.35. The van der Waals surface area contributed by atoms with Gasteiger partial charge in [-0.25, -0.2) is 4.79 Å². The summed E-state index contributed by atoms with van der Waals surface area (Å²) in [6.07, 6.45) is 23.2. The molecular formula is C25H42O6. The molecule has 6 heteroatoms. The van der Waals surface area contributed by atoms with Crippen molar-refractivity contribution in [3.8, 4) is 17.2 Å². The van der Waals surface area contributed by atoms with Gasteiger partial charge in [0.25, 0.3) is 0 Å². The summed E-state index contributed by atoms with van der Waals surface area (Å²) in [4.78, 5) is 10.3. The fourth-order valence-corrected chi connectivity index (χ4v) is 3.09. The molecule has 0 aliphatic heterocycles. The maximum Gasteiger partial charge on any atom is 0.335 e. The molecule has 0 aliphatic carbocycles. The standard InChI is InChI=1S/C18H36O.C7H6O5/c1-2-3-4-5-6-7-8-9-10-11-12-13-14-15-16-17-18-19;8-4-1-3(7(11)12)2-5(9)6(4)10/h9-10,19H,2-8,11-18H2,1H3;1-2,8-10H,(H,11,12)/b10-9-;. The summed E-state index contributed by atoms with van der Waals surface area (Å²) in [5.41, 5.74) is -0.289. The van der Waals surface area contributed by atoms with Crippen molar-refractivity contribution in [2.45, 2.75) is 96.8 Å². The van der Waals surface area contributed by atoms with Gasteiger partial charge < -0.3 is 25.5 Å². The Labute approximate surface area is 187 Å². The van der Waals surface area contributed by atoms with Gasteiger partial charge in [0, 0.05) is 6.61 Å². The van der Waals surface area contributed by atoms with Gasteiger partial charge >= 0.3 is 5.97 Å². The normalized spacial score (nSPS) is 10.8. The van der Waals surface area contributed by atoms with Crippen LogP contribution in [0.15, 0.2) is 24.3 Å². The van der Waals surface area contributed by atoms with Crippen molar-refractivity contribution in [2.75, 3.05) is 6.61 Å². The number of allylic oxidation sites excluding steroid dienone is 2. The molecule has 1 rings (SSSR count). The average molecular weight is 439 g/mol. The van der Waals surface area contributed by atoms with Crippen molar-refractivity contribution in [2.24, 2.45) is 0 Å². The van der Waals surface area contributed by atoms with Crippen LogP contribution in [0.5, 0.6) is 17.2 Å². The molecule has 6 nitrogen and oxygen atoms in total. The second-order valence-electron chi connectivity index (χ2n) is 7.83. The zero-order valence-electron chi connectivity index (χ0n) is 19.1. The van der Waals surface area contributed by atoms with E-state index in [0.29, 0.717) is 6.61 Å². The molecule has 0 fully saturated rings. The Balaban J connectivity index is 0.000000639. The number of unbranched alkanes of at least 4 members (excludes halogenated alkanes) is 12. The Morgan fingerprint density at radius 2 is 1.16 bits per heavy atom. The maximum atomic E-state index is 10.3. The number of aliphatic hydroxyl groups is 1. The first kappa shape index (κ1) is 28.8. The molecule has 0 heterocycles. The molecule has 1 aromatic rings. The van der Waals surface area contributed by atoms with Crippen LogP contribution in [0.4, 0.5) is 0 Å². The highest BCUT2D eigenvalue weighted by Gasteiger charge is 2.11. The third-order valence-electron chi connectivity index (χ3n) is 4.99. The Kier molecular flexibility index (Phi) is 18.3. The summed E-state index contributed by atoms with van der Waals surface area (Å²) in [6.45, 7) is 2.64. The van der Waals surface area contributed by atoms with E-state index in [1.807, 2.05) is 0 Å². The molecule has 0 aliphatic rings. The Bertz CT molecular complexity index is 589. The number of carboxylic acids is 1. The van der Waals surface area contributed by atoms with E-state index in [0.717, 1.165) is 18.6 Å². The monoisotopic (exact) mass is 438 g/mol. The van der Waals surface area contributed by atoms with Crippen molar-refractivity contribution in [1.82, 2.24) is 0 Å². The van der Waals surface area contributed by atoms with Crippen LogP contribution in [0.1, 0.15) is 107 Å². The van der Waals surface area contributed by atoms with Crippen LogP contribution in [0.25, 0.3) is 0 Å². The number of aliphatic hydroxyl groups excluding tert-OH is 1. The van der Waals surface area contributed by atoms with Gasteiger partial charge in [0.2, 0.25) is 0 Å². The van der Waals surface area contributed by atoms with Crippen LogP contribution >= 0.6 is 0 Å². The lowest BCUT2D eigenvalue weighted by Crippen LogP contribution is -1.95. The summed E-state index contributed by atoms with van der Waals surface area (Å²) in [5.74, 6) is -3.33. The minimum absolute atomic E-state index is 0.289. The molecule has 0 atom stereocenters. The molecule has 0 unspecified atom stereocenters. The van der Waals surface area contributed by atoms with Gasteiger partial charge in [-0.2, -0.15) is 0 Å². The summed E-state index contributed by atoms with van der Waals surface area (Å²) in [6, 6.07) is 1.69. The van der Waals surface area contributed by atoms with Crippen LogP contribution in [0, 0.1) is 0 Å². The third-order valence-corrected chi connectivity index (χ3v) is 4.99. The lowest BCUT2D eigenvalue weighted by atomic mass is 10.1. The molecule has 0 amide bonds. The average Bonchev–Trinajstić information content (AvgIpc) is 2.75. The number of carbonyl (C=O) groups is 1. The number of benzene rings is 1. The molecule has 0 radical (unpaired) electrons. The topological polar surface area (TPSA) is 118 Å². The zero-order chi connectivity index (χ0) is 23.3. The number of aromatic carboxylic acids is 1. The zero-order valence-corrected chi connectivity index (χ0v) is 19.1. The second kappa shape index (κ2) is 19.7. The number of phenols is 3. The number of rotatable bonds is 16. The van der Waals surface area contributed by atoms with Gasteiger partial charge in [-0.3, -0.25) is 0 Å². The first-order valence-corrected chi connectivity index (χ1v) is 11.7. The minimum Gasteiger partial charge on any atom is -0.504 e. The quantitative estimate of drug-likeness (QED) is 0.114. The molecule has 0 spiro atoms. The van der Waals surface area contributed by atoms with E-state index < -0.39 is 23.2 Å². The third kappa shape index (κ3) is 16.2. The van der Waals surface area contributed by atoms with Gasteiger partial charge in [-0.05, 0) is 44.2 Å². The van der Waals surface area contributed by atoms with Crippen molar-refractivity contribution in [3.05, 3.63) is 29.8 Å². The smallest absolute Gasteiger partial charge is 0.335 e. The van der Waals surface area contributed by atoms with Crippen LogP contribution < -0.4 is 0 Å². The van der Waals surface area contributed by atoms with E-state index >= 15 is 0 Å². The fourth-order valence-electron chi connectivity index (χ4n) is 3.09. The predicted octanol–water partition coefficient (Wildman–Crippen LogP) is 6.52. The van der Waals surface area contributed by atoms with Crippen LogP contribution in [0.2, 0.25) is 0 Å². The van der Waals surface area contributed by atoms with Crippen molar-refractivity contribution in [3.63, 3.8) is 0 Å². The summed E-state index contributed by atoms with van der Waals surface area (Å²) >= 11 is 0. The van der Waals surface area contributed by atoms with E-state index in [1.54, 1.807) is 0 Å². The largest absolute Gasteiger partial charge is 0.504 e. The lowest BCUT2D eigenvalue weighted by molar-refractivity contribution is 0.0696. The highest BCUT2D eigenvalue weighted by molar-refractivity contribution is 5.89. The highest BCUT2D eigenvalue weighted by atomic mass is 16.4. The van der Waals surface area contributed by atoms with Crippen molar-refractivity contribution < 1.29 is 30.3 Å². The molecular weight excluding hydrogens is 396 g/mol. The predicted molar refractivity (Wildman–Crippen MR) is 125 cm³/mol. The van der Waals surface area contributed by atoms with Gasteiger partial charge in [0.15, 0.2) is 17.2 Å². The Morgan fingerprint density at radius 1 is 0.742 bits per heavy atom. The van der Waals surface area contributed by atoms with E-state index in [9.17, 15) is 4.79 Å². The molecule has 0 aromatic heterocycles.